The van der Waals surface area contributed by atoms with Crippen molar-refractivity contribution in [3.63, 3.8) is 0 Å². The molecule has 0 bridgehead atoms. The Labute approximate surface area is 307 Å². The fourth-order valence-electron chi connectivity index (χ4n) is 8.45. The Hall–Kier alpha value is -4.61. The molecule has 2 fully saturated rings. The number of anilines is 1. The van der Waals surface area contributed by atoms with Crippen molar-refractivity contribution in [3.05, 3.63) is 174 Å². The number of likely N-dealkylation sites (N-methyl/N-ethyl adjacent to an activating group) is 1. The van der Waals surface area contributed by atoms with E-state index < -0.39 is 33.3 Å². The second-order valence-electron chi connectivity index (χ2n) is 13.3. The van der Waals surface area contributed by atoms with Gasteiger partial charge in [0.05, 0.1) is 5.41 Å². The normalized spacial score (nSPS) is 24.0. The molecule has 5 aromatic carbocycles. The molecule has 0 unspecified atom stereocenters. The predicted molar refractivity (Wildman–Crippen MR) is 208 cm³/mol. The minimum atomic E-state index is -1.59. The van der Waals surface area contributed by atoms with E-state index in [4.69, 9.17) is 0 Å². The van der Waals surface area contributed by atoms with Crippen molar-refractivity contribution < 1.29 is 14.7 Å². The number of H-pyrrole nitrogens is 1. The highest BCUT2D eigenvalue weighted by atomic mass is 33.5. The monoisotopic (exact) mass is 726 g/mol. The van der Waals surface area contributed by atoms with Crippen molar-refractivity contribution in [1.82, 2.24) is 14.8 Å². The summed E-state index contributed by atoms with van der Waals surface area (Å²) in [6, 6.07) is 47.6. The molecule has 0 saturated carbocycles. The average Bonchev–Trinajstić information content (AvgIpc) is 3.84. The number of hydrogen-bond acceptors (Lipinski definition) is 7. The van der Waals surface area contributed by atoms with Gasteiger partial charge < -0.3 is 20.3 Å². The largest absolute Gasteiger partial charge is 0.365 e. The average molecular weight is 727 g/mol. The van der Waals surface area contributed by atoms with Gasteiger partial charge in [0, 0.05) is 36.3 Å². The van der Waals surface area contributed by atoms with E-state index in [-0.39, 0.29) is 5.91 Å². The van der Waals surface area contributed by atoms with E-state index in [9.17, 15) is 14.7 Å². The van der Waals surface area contributed by atoms with Crippen molar-refractivity contribution in [1.29, 1.82) is 0 Å². The van der Waals surface area contributed by atoms with Crippen LogP contribution >= 0.6 is 31.4 Å². The number of benzene rings is 5. The highest BCUT2D eigenvalue weighted by Gasteiger charge is 2.72. The molecule has 2 saturated heterocycles. The molecule has 3 aliphatic rings. The molecule has 4 atom stereocenters. The molecule has 254 valence electrons. The lowest BCUT2D eigenvalue weighted by atomic mass is 9.72. The second kappa shape index (κ2) is 12.3. The van der Waals surface area contributed by atoms with Gasteiger partial charge in [0.15, 0.2) is 4.87 Å². The number of fused-ring (bicyclic) bond motifs is 6. The van der Waals surface area contributed by atoms with Gasteiger partial charge in [0.2, 0.25) is 6.23 Å². The lowest BCUT2D eigenvalue weighted by Gasteiger charge is -2.47. The Balaban J connectivity index is 1.20. The van der Waals surface area contributed by atoms with E-state index in [1.165, 1.54) is 32.6 Å². The highest BCUT2D eigenvalue weighted by Crippen LogP contribution is 2.67. The topological polar surface area (TPSA) is 88.7 Å². The van der Waals surface area contributed by atoms with Crippen molar-refractivity contribution in [2.24, 2.45) is 0 Å². The molecular weight excluding hydrogens is 693 g/mol. The summed E-state index contributed by atoms with van der Waals surface area (Å²) in [7, 11) is 6.12. The standard InChI is InChI=1S/C41H34N4O3S3/c1-44-35(46)36(47)45-37-39(31-22-12-14-24-34(31)43-37,32-25-42-33-23-13-11-21-30(32)33)26-40(45,38(44)48)49-51-50-41(27-15-5-2-6-16-27,28-17-7-3-8-18-28)29-19-9-4-10-20-29/h2-25,35,37,42-43,46H,26H2,1H3/t35-,37-,39-,40+/m1/s1. The van der Waals surface area contributed by atoms with E-state index >= 15 is 0 Å². The molecule has 4 heterocycles. The van der Waals surface area contributed by atoms with Crippen molar-refractivity contribution in [2.75, 3.05) is 12.4 Å². The van der Waals surface area contributed by atoms with Gasteiger partial charge in [-0.05, 0) is 60.6 Å². The van der Waals surface area contributed by atoms with E-state index in [0.29, 0.717) is 6.42 Å². The van der Waals surface area contributed by atoms with Gasteiger partial charge in [-0.15, -0.1) is 0 Å². The number of rotatable bonds is 8. The van der Waals surface area contributed by atoms with Crippen LogP contribution in [0, 0.1) is 0 Å². The maximum Gasteiger partial charge on any atom is 0.275 e. The number of nitrogens with zero attached hydrogens (tertiary/aromatic N) is 2. The van der Waals surface area contributed by atoms with Gasteiger partial charge >= 0.3 is 0 Å². The summed E-state index contributed by atoms with van der Waals surface area (Å²) in [4.78, 5) is 34.3. The summed E-state index contributed by atoms with van der Waals surface area (Å²) in [5.74, 6) is -0.798. The molecule has 51 heavy (non-hydrogen) atoms. The molecule has 7 nitrogen and oxygen atoms in total. The van der Waals surface area contributed by atoms with Crippen molar-refractivity contribution in [2.45, 2.75) is 33.8 Å². The molecule has 9 rings (SSSR count). The molecule has 0 spiro atoms. The van der Waals surface area contributed by atoms with Crippen LogP contribution in [-0.4, -0.2) is 56.0 Å². The third kappa shape index (κ3) is 4.59. The number of para-hydroxylation sites is 2. The summed E-state index contributed by atoms with van der Waals surface area (Å²) in [5, 5.41) is 16.0. The van der Waals surface area contributed by atoms with E-state index in [0.717, 1.165) is 44.4 Å². The van der Waals surface area contributed by atoms with Crippen LogP contribution in [0.4, 0.5) is 5.69 Å². The van der Waals surface area contributed by atoms with Gasteiger partial charge in [0.25, 0.3) is 11.8 Å². The third-order valence-electron chi connectivity index (χ3n) is 10.8. The number of carbonyl (C=O) groups excluding carboxylic acids is 2. The first-order valence-corrected chi connectivity index (χ1v) is 20.3. The Morgan fingerprint density at radius 1 is 0.745 bits per heavy atom. The number of aliphatic hydroxyl groups is 1. The molecule has 3 aliphatic heterocycles. The summed E-state index contributed by atoms with van der Waals surface area (Å²) in [6.07, 6.45) is 0.130. The smallest absolute Gasteiger partial charge is 0.275 e. The van der Waals surface area contributed by atoms with Crippen molar-refractivity contribution in [3.8, 4) is 0 Å². The van der Waals surface area contributed by atoms with Gasteiger partial charge in [-0.3, -0.25) is 14.5 Å². The number of nitrogens with one attached hydrogen (secondary N) is 2. The number of amides is 2. The molecule has 6 aromatic rings. The van der Waals surface area contributed by atoms with Gasteiger partial charge in [-0.1, -0.05) is 138 Å². The first-order chi connectivity index (χ1) is 24.9. The number of aromatic nitrogens is 1. The second-order valence-corrected chi connectivity index (χ2v) is 17.7. The van der Waals surface area contributed by atoms with E-state index in [2.05, 4.69) is 95.2 Å². The Morgan fingerprint density at radius 3 is 1.96 bits per heavy atom. The minimum absolute atomic E-state index is 0.301. The van der Waals surface area contributed by atoms with E-state index in [1.807, 2.05) is 60.8 Å². The van der Waals surface area contributed by atoms with Crippen LogP contribution in [0.3, 0.4) is 0 Å². The maximum atomic E-state index is 14.9. The SMILES string of the molecule is CN1C(=O)[C@@]2(SSSC(c3ccccc3)(c3ccccc3)c3ccccc3)C[C@]3(c4c[nH]c5ccccc45)c4ccccc4N[C@@H]3N2C(=O)[C@H]1O. The molecule has 1 aromatic heterocycles. The summed E-state index contributed by atoms with van der Waals surface area (Å²) < 4.78 is -0.649. The number of aliphatic hydroxyl groups excluding tert-OH is 1. The molecular formula is C41H34N4O3S3. The number of piperazine rings is 1. The quantitative estimate of drug-likeness (QED) is 0.108. The lowest BCUT2D eigenvalue weighted by molar-refractivity contribution is -0.175. The fourth-order valence-corrected chi connectivity index (χ4v) is 14.7. The van der Waals surface area contributed by atoms with Crippen LogP contribution in [0.15, 0.2) is 146 Å². The predicted octanol–water partition coefficient (Wildman–Crippen LogP) is 7.95. The number of hydrogen-bond donors (Lipinski definition) is 3. The number of carbonyl (C=O) groups is 2. The molecule has 3 N–H and O–H groups in total. The maximum absolute atomic E-state index is 14.9. The summed E-state index contributed by atoms with van der Waals surface area (Å²) >= 11 is 0. The van der Waals surface area contributed by atoms with Crippen LogP contribution in [0.5, 0.6) is 0 Å². The Morgan fingerprint density at radius 2 is 1.31 bits per heavy atom. The fraction of sp³-hybridized carbons (Fsp3) is 0.171. The van der Waals surface area contributed by atoms with Gasteiger partial charge in [-0.2, -0.15) is 0 Å². The lowest BCUT2D eigenvalue weighted by Crippen LogP contribution is -2.69. The van der Waals surface area contributed by atoms with Crippen LogP contribution in [-0.2, 0) is 19.8 Å². The summed E-state index contributed by atoms with van der Waals surface area (Å²) in [6.45, 7) is 0. The van der Waals surface area contributed by atoms with Crippen LogP contribution in [0.1, 0.15) is 34.2 Å². The van der Waals surface area contributed by atoms with Crippen LogP contribution < -0.4 is 5.32 Å². The first kappa shape index (κ1) is 32.3. The zero-order valence-electron chi connectivity index (χ0n) is 27.6. The van der Waals surface area contributed by atoms with Gasteiger partial charge in [-0.25, -0.2) is 0 Å². The third-order valence-corrected chi connectivity index (χ3v) is 15.8. The van der Waals surface area contributed by atoms with E-state index in [1.54, 1.807) is 15.7 Å². The minimum Gasteiger partial charge on any atom is -0.365 e. The molecule has 2 amide bonds. The van der Waals surface area contributed by atoms with Crippen LogP contribution in [0.2, 0.25) is 0 Å². The first-order valence-electron chi connectivity index (χ1n) is 16.8. The molecule has 0 aliphatic carbocycles. The van der Waals surface area contributed by atoms with Crippen molar-refractivity contribution >= 4 is 59.8 Å². The molecule has 0 radical (unpaired) electrons. The highest BCUT2D eigenvalue weighted by molar-refractivity contribution is 9.09. The zero-order chi connectivity index (χ0) is 34.8. The Kier molecular flexibility index (Phi) is 7.77. The Bertz CT molecular complexity index is 2170. The molecule has 10 heteroatoms. The summed E-state index contributed by atoms with van der Waals surface area (Å²) in [5.41, 5.74) is 6.44. The van der Waals surface area contributed by atoms with Crippen LogP contribution in [0.25, 0.3) is 10.9 Å². The zero-order valence-corrected chi connectivity index (χ0v) is 30.1. The van der Waals surface area contributed by atoms with Gasteiger partial charge in [0.1, 0.15) is 10.9 Å². The number of aromatic amines is 1.